The number of benzene rings is 2. The van der Waals surface area contributed by atoms with E-state index in [-0.39, 0.29) is 5.82 Å². The Morgan fingerprint density at radius 3 is 2.35 bits per heavy atom. The number of hydrogen-bond donors (Lipinski definition) is 0. The van der Waals surface area contributed by atoms with Crippen molar-refractivity contribution in [1.82, 2.24) is 0 Å². The van der Waals surface area contributed by atoms with Crippen LogP contribution in [0.25, 0.3) is 6.08 Å². The normalized spacial score (nSPS) is 10.2. The summed E-state index contributed by atoms with van der Waals surface area (Å²) in [5, 5.41) is 8.64. The van der Waals surface area contributed by atoms with Crippen LogP contribution in [-0.2, 0) is 4.79 Å². The molecule has 0 aliphatic rings. The van der Waals surface area contributed by atoms with Gasteiger partial charge in [0.05, 0.1) is 11.6 Å². The van der Waals surface area contributed by atoms with Crippen molar-refractivity contribution in [1.29, 1.82) is 5.26 Å². The molecule has 0 bridgehead atoms. The number of halogens is 1. The van der Waals surface area contributed by atoms with E-state index in [1.807, 2.05) is 6.07 Å². The standard InChI is InChI=1S/C16H10FNO2/c17-14-6-1-12(2-7-14)5-10-16(19)20-15-8-3-13(11-18)4-9-15/h1-10H/b10-5+. The van der Waals surface area contributed by atoms with Gasteiger partial charge in [-0.3, -0.25) is 0 Å². The molecule has 0 fully saturated rings. The second-order valence-corrected chi connectivity index (χ2v) is 3.94. The molecule has 0 saturated carbocycles. The van der Waals surface area contributed by atoms with Crippen molar-refractivity contribution in [3.63, 3.8) is 0 Å². The molecule has 98 valence electrons. The molecule has 0 aliphatic carbocycles. The van der Waals surface area contributed by atoms with Crippen molar-refractivity contribution in [3.05, 3.63) is 71.6 Å². The zero-order valence-corrected chi connectivity index (χ0v) is 10.4. The first-order valence-corrected chi connectivity index (χ1v) is 5.83. The molecule has 0 heterocycles. The van der Waals surface area contributed by atoms with Gasteiger partial charge >= 0.3 is 5.97 Å². The molecule has 0 saturated heterocycles. The Labute approximate surface area is 115 Å². The third-order valence-corrected chi connectivity index (χ3v) is 2.48. The average Bonchev–Trinajstić information content (AvgIpc) is 2.47. The van der Waals surface area contributed by atoms with Crippen LogP contribution in [0.15, 0.2) is 54.6 Å². The molecule has 4 heteroatoms. The van der Waals surface area contributed by atoms with E-state index >= 15 is 0 Å². The number of carbonyl (C=O) groups excluding carboxylic acids is 1. The molecule has 20 heavy (non-hydrogen) atoms. The van der Waals surface area contributed by atoms with Crippen LogP contribution in [0.5, 0.6) is 5.75 Å². The summed E-state index contributed by atoms with van der Waals surface area (Å²) in [7, 11) is 0. The fraction of sp³-hybridized carbons (Fsp3) is 0. The second-order valence-electron chi connectivity index (χ2n) is 3.94. The minimum absolute atomic E-state index is 0.331. The van der Waals surface area contributed by atoms with E-state index in [1.165, 1.54) is 24.3 Å². The fourth-order valence-electron chi connectivity index (χ4n) is 1.49. The third kappa shape index (κ3) is 3.79. The van der Waals surface area contributed by atoms with Gasteiger partial charge in [0.1, 0.15) is 11.6 Å². The minimum atomic E-state index is -0.543. The first-order valence-electron chi connectivity index (χ1n) is 5.83. The Morgan fingerprint density at radius 1 is 1.10 bits per heavy atom. The molecule has 2 rings (SSSR count). The van der Waals surface area contributed by atoms with E-state index in [1.54, 1.807) is 36.4 Å². The van der Waals surface area contributed by atoms with Crippen LogP contribution in [0.1, 0.15) is 11.1 Å². The monoisotopic (exact) mass is 267 g/mol. The number of nitriles is 1. The van der Waals surface area contributed by atoms with Crippen molar-refractivity contribution in [3.8, 4) is 11.8 Å². The Bertz CT molecular complexity index is 667. The molecular weight excluding hydrogens is 257 g/mol. The predicted molar refractivity (Wildman–Crippen MR) is 72.2 cm³/mol. The molecule has 0 N–H and O–H groups in total. The van der Waals surface area contributed by atoms with E-state index in [2.05, 4.69) is 0 Å². The fourth-order valence-corrected chi connectivity index (χ4v) is 1.49. The SMILES string of the molecule is N#Cc1ccc(OC(=O)/C=C/c2ccc(F)cc2)cc1. The van der Waals surface area contributed by atoms with Gasteiger partial charge in [0.2, 0.25) is 0 Å². The lowest BCUT2D eigenvalue weighted by Gasteiger charge is -2.00. The zero-order valence-electron chi connectivity index (χ0n) is 10.4. The molecule has 2 aromatic rings. The van der Waals surface area contributed by atoms with Gasteiger partial charge in [-0.15, -0.1) is 0 Å². The maximum Gasteiger partial charge on any atom is 0.336 e. The maximum absolute atomic E-state index is 12.7. The van der Waals surface area contributed by atoms with Crippen LogP contribution in [0.2, 0.25) is 0 Å². The molecule has 0 unspecified atom stereocenters. The van der Waals surface area contributed by atoms with Crippen molar-refractivity contribution in [2.24, 2.45) is 0 Å². The molecule has 0 aliphatic heterocycles. The largest absolute Gasteiger partial charge is 0.423 e. The van der Waals surface area contributed by atoms with Gasteiger partial charge in [0.15, 0.2) is 0 Å². The van der Waals surface area contributed by atoms with Crippen LogP contribution in [-0.4, -0.2) is 5.97 Å². The summed E-state index contributed by atoms with van der Waals surface area (Å²) in [6.45, 7) is 0. The Kier molecular flexibility index (Phi) is 4.25. The van der Waals surface area contributed by atoms with Gasteiger partial charge in [-0.25, -0.2) is 9.18 Å². The zero-order chi connectivity index (χ0) is 14.4. The predicted octanol–water partition coefficient (Wildman–Crippen LogP) is 3.32. The highest BCUT2D eigenvalue weighted by atomic mass is 19.1. The highest BCUT2D eigenvalue weighted by Crippen LogP contribution is 2.12. The van der Waals surface area contributed by atoms with Crippen molar-refractivity contribution >= 4 is 12.0 Å². The lowest BCUT2D eigenvalue weighted by molar-refractivity contribution is -0.128. The summed E-state index contributed by atoms with van der Waals surface area (Å²) < 4.78 is 17.7. The lowest BCUT2D eigenvalue weighted by atomic mass is 10.2. The van der Waals surface area contributed by atoms with Crippen molar-refractivity contribution in [2.75, 3.05) is 0 Å². The number of esters is 1. The summed E-state index contributed by atoms with van der Waals surface area (Å²) in [6, 6.07) is 13.9. The number of ether oxygens (including phenoxy) is 1. The topological polar surface area (TPSA) is 50.1 Å². The summed E-state index contributed by atoms with van der Waals surface area (Å²) in [5.74, 6) is -0.515. The Hall–Kier alpha value is -2.93. The minimum Gasteiger partial charge on any atom is -0.423 e. The van der Waals surface area contributed by atoms with Crippen LogP contribution in [0.3, 0.4) is 0 Å². The van der Waals surface area contributed by atoms with Gasteiger partial charge in [-0.1, -0.05) is 12.1 Å². The van der Waals surface area contributed by atoms with E-state index in [9.17, 15) is 9.18 Å². The van der Waals surface area contributed by atoms with Crippen LogP contribution >= 0.6 is 0 Å². The van der Waals surface area contributed by atoms with E-state index in [0.717, 1.165) is 0 Å². The molecule has 0 radical (unpaired) electrons. The summed E-state index contributed by atoms with van der Waals surface area (Å²) in [5.41, 5.74) is 1.19. The first kappa shape index (κ1) is 13.5. The Morgan fingerprint density at radius 2 is 1.75 bits per heavy atom. The molecule has 3 nitrogen and oxygen atoms in total. The summed E-state index contributed by atoms with van der Waals surface area (Å²) in [6.07, 6.45) is 2.79. The molecule has 0 amide bonds. The van der Waals surface area contributed by atoms with Crippen LogP contribution < -0.4 is 4.74 Å². The smallest absolute Gasteiger partial charge is 0.336 e. The molecule has 0 spiro atoms. The van der Waals surface area contributed by atoms with Gasteiger partial charge < -0.3 is 4.74 Å². The van der Waals surface area contributed by atoms with Gasteiger partial charge in [0, 0.05) is 6.08 Å². The van der Waals surface area contributed by atoms with Crippen molar-refractivity contribution in [2.45, 2.75) is 0 Å². The number of nitrogens with zero attached hydrogens (tertiary/aromatic N) is 1. The summed E-state index contributed by atoms with van der Waals surface area (Å²) >= 11 is 0. The molecule has 2 aromatic carbocycles. The van der Waals surface area contributed by atoms with E-state index in [0.29, 0.717) is 16.9 Å². The van der Waals surface area contributed by atoms with Crippen LogP contribution in [0.4, 0.5) is 4.39 Å². The number of hydrogen-bond acceptors (Lipinski definition) is 3. The highest BCUT2D eigenvalue weighted by Gasteiger charge is 2.00. The van der Waals surface area contributed by atoms with Gasteiger partial charge in [-0.05, 0) is 48.0 Å². The quantitative estimate of drug-likeness (QED) is 0.487. The van der Waals surface area contributed by atoms with Gasteiger partial charge in [-0.2, -0.15) is 5.26 Å². The lowest BCUT2D eigenvalue weighted by Crippen LogP contribution is -2.03. The van der Waals surface area contributed by atoms with Crippen LogP contribution in [0, 0.1) is 17.1 Å². The van der Waals surface area contributed by atoms with E-state index < -0.39 is 5.97 Å². The van der Waals surface area contributed by atoms with Gasteiger partial charge in [0.25, 0.3) is 0 Å². The second kappa shape index (κ2) is 6.30. The highest BCUT2D eigenvalue weighted by molar-refractivity contribution is 5.88. The number of carbonyl (C=O) groups is 1. The molecule has 0 atom stereocenters. The van der Waals surface area contributed by atoms with E-state index in [4.69, 9.17) is 10.00 Å². The third-order valence-electron chi connectivity index (χ3n) is 2.48. The Balaban J connectivity index is 1.98. The average molecular weight is 267 g/mol. The summed E-state index contributed by atoms with van der Waals surface area (Å²) in [4.78, 5) is 11.6. The molecule has 0 aromatic heterocycles. The maximum atomic E-state index is 12.7. The van der Waals surface area contributed by atoms with Crippen molar-refractivity contribution < 1.29 is 13.9 Å². The first-order chi connectivity index (χ1) is 9.67. The number of rotatable bonds is 3. The molecular formula is C16H10FNO2.